The Morgan fingerprint density at radius 1 is 0.235 bits per heavy atom. The van der Waals surface area contributed by atoms with E-state index in [4.69, 9.17) is 0 Å². The highest BCUT2D eigenvalue weighted by Crippen LogP contribution is 2.52. The Morgan fingerprint density at radius 3 is 1.07 bits per heavy atom. The van der Waals surface area contributed by atoms with E-state index in [2.05, 4.69) is 336 Å². The number of aromatic nitrogens is 3. The lowest BCUT2D eigenvalue weighted by molar-refractivity contribution is 0.660. The molecule has 0 saturated carbocycles. The molecule has 400 valence electrons. The Kier molecular flexibility index (Phi) is 10.9. The number of anilines is 3. The average Bonchev–Trinajstić information content (AvgIpc) is 2.51. The van der Waals surface area contributed by atoms with Gasteiger partial charge in [0.2, 0.25) is 0 Å². The van der Waals surface area contributed by atoms with Crippen LogP contribution in [0.25, 0.3) is 127 Å². The summed E-state index contributed by atoms with van der Waals surface area (Å²) in [5.74, 6) is 0. The summed E-state index contributed by atoms with van der Waals surface area (Å²) in [5, 5.41) is 7.50. The molecule has 0 spiro atoms. The first kappa shape index (κ1) is 48.7. The Bertz CT molecular complexity index is 5300. The molecule has 0 aliphatic heterocycles. The molecule has 85 heavy (non-hydrogen) atoms. The van der Waals surface area contributed by atoms with E-state index in [-0.39, 0.29) is 5.41 Å². The zero-order valence-electron chi connectivity index (χ0n) is 47.2. The summed E-state index contributed by atoms with van der Waals surface area (Å²) in [6, 6.07) is 112. The molecule has 0 amide bonds. The van der Waals surface area contributed by atoms with Crippen LogP contribution in [0, 0.1) is 0 Å². The van der Waals surface area contributed by atoms with Gasteiger partial charge in [0.05, 0.1) is 33.1 Å². The third-order valence-corrected chi connectivity index (χ3v) is 18.2. The molecule has 4 heteroatoms. The minimum Gasteiger partial charge on any atom is -0.310 e. The first-order chi connectivity index (χ1) is 41.9. The predicted molar refractivity (Wildman–Crippen MR) is 358 cm³/mol. The van der Waals surface area contributed by atoms with Gasteiger partial charge in [-0.05, 0) is 183 Å². The lowest BCUT2D eigenvalue weighted by Crippen LogP contribution is -2.16. The lowest BCUT2D eigenvalue weighted by atomic mass is 9.81. The van der Waals surface area contributed by atoms with Crippen molar-refractivity contribution in [1.82, 2.24) is 13.7 Å². The Balaban J connectivity index is 0.759. The zero-order chi connectivity index (χ0) is 56.3. The second-order valence-electron chi connectivity index (χ2n) is 23.3. The van der Waals surface area contributed by atoms with Gasteiger partial charge in [-0.1, -0.05) is 190 Å². The van der Waals surface area contributed by atoms with Crippen molar-refractivity contribution >= 4 is 82.5 Å². The second-order valence-corrected chi connectivity index (χ2v) is 23.3. The molecular weight excluding hydrogens is 1030 g/mol. The van der Waals surface area contributed by atoms with Crippen LogP contribution in [0.4, 0.5) is 17.1 Å². The highest BCUT2D eigenvalue weighted by Gasteiger charge is 2.36. The molecule has 17 rings (SSSR count). The maximum atomic E-state index is 2.45. The monoisotopic (exact) mass is 1080 g/mol. The van der Waals surface area contributed by atoms with Crippen LogP contribution in [0.2, 0.25) is 0 Å². The fourth-order valence-corrected chi connectivity index (χ4v) is 14.1. The molecular formula is C81H56N4. The molecule has 1 aliphatic rings. The smallest absolute Gasteiger partial charge is 0.0547 e. The van der Waals surface area contributed by atoms with Crippen molar-refractivity contribution in [3.05, 3.63) is 314 Å². The average molecular weight is 1090 g/mol. The highest BCUT2D eigenvalue weighted by atomic mass is 15.1. The minimum absolute atomic E-state index is 0.271. The van der Waals surface area contributed by atoms with E-state index in [9.17, 15) is 0 Å². The van der Waals surface area contributed by atoms with Gasteiger partial charge >= 0.3 is 0 Å². The van der Waals surface area contributed by atoms with Crippen molar-refractivity contribution in [3.63, 3.8) is 0 Å². The van der Waals surface area contributed by atoms with E-state index < -0.39 is 0 Å². The van der Waals surface area contributed by atoms with Gasteiger partial charge in [-0.15, -0.1) is 0 Å². The quantitative estimate of drug-likeness (QED) is 0.141. The first-order valence-electron chi connectivity index (χ1n) is 29.5. The van der Waals surface area contributed by atoms with E-state index in [1.807, 2.05) is 0 Å². The van der Waals surface area contributed by atoms with Gasteiger partial charge in [0.25, 0.3) is 0 Å². The Hall–Kier alpha value is -10.9. The molecule has 0 radical (unpaired) electrons. The zero-order valence-corrected chi connectivity index (χ0v) is 47.2. The molecule has 0 bridgehead atoms. The number of benzene rings is 13. The third-order valence-electron chi connectivity index (χ3n) is 18.2. The van der Waals surface area contributed by atoms with Gasteiger partial charge in [0, 0.05) is 71.9 Å². The SMILES string of the molecule is CC1(C)c2cc(-c3ccc4c(c3)c3ccccc3n4-c3ccccc3)ccc2-c2ccc(N(c3ccc(-c4ccc5c(c4)c4ccccc4n5-c4ccccc4)cc3)c3ccc(-c4ccc5c6ccccc6n(-c6ccccc6)c5c4)cc3)cc21. The van der Waals surface area contributed by atoms with Crippen molar-refractivity contribution < 1.29 is 0 Å². The highest BCUT2D eigenvalue weighted by molar-refractivity contribution is 6.13. The topological polar surface area (TPSA) is 18.0 Å². The summed E-state index contributed by atoms with van der Waals surface area (Å²) in [4.78, 5) is 2.44. The standard InChI is InChI=1S/C81H56N4/c1-81(2)73-50-57(56-37-47-79-72(49-56)69-26-14-17-29-77(69)84(79)60-20-8-4-9-21-60)34-43-65(73)66-45-42-64(52-74(66)81)82(62-38-30-53(31-39-62)55-36-46-78-71(48-55)68-25-13-16-28-76(68)83(78)59-18-6-3-7-19-59)63-40-32-54(33-41-63)58-35-44-70-67-24-12-15-27-75(67)85(80(70)51-58)61-22-10-5-11-23-61/h3-52H,1-2H3. The molecule has 0 N–H and O–H groups in total. The molecule has 0 unspecified atom stereocenters. The fourth-order valence-electron chi connectivity index (χ4n) is 14.1. The summed E-state index contributed by atoms with van der Waals surface area (Å²) < 4.78 is 7.17. The molecule has 1 aliphatic carbocycles. The first-order valence-corrected chi connectivity index (χ1v) is 29.5. The van der Waals surface area contributed by atoms with Crippen LogP contribution in [0.3, 0.4) is 0 Å². The number of para-hydroxylation sites is 6. The van der Waals surface area contributed by atoms with Crippen LogP contribution in [-0.2, 0) is 5.41 Å². The van der Waals surface area contributed by atoms with Crippen LogP contribution in [0.5, 0.6) is 0 Å². The molecule has 4 nitrogen and oxygen atoms in total. The van der Waals surface area contributed by atoms with Crippen molar-refractivity contribution in [2.24, 2.45) is 0 Å². The van der Waals surface area contributed by atoms with Gasteiger partial charge in [-0.25, -0.2) is 0 Å². The summed E-state index contributed by atoms with van der Waals surface area (Å²) in [5.41, 5.74) is 26.1. The lowest BCUT2D eigenvalue weighted by Gasteiger charge is -2.28. The van der Waals surface area contributed by atoms with Crippen molar-refractivity contribution in [3.8, 4) is 61.6 Å². The number of hydrogen-bond donors (Lipinski definition) is 0. The molecule has 13 aromatic carbocycles. The number of rotatable bonds is 9. The molecule has 3 heterocycles. The van der Waals surface area contributed by atoms with E-state index in [1.165, 1.54) is 121 Å². The summed E-state index contributed by atoms with van der Waals surface area (Å²) in [6.07, 6.45) is 0. The molecule has 0 saturated heterocycles. The third kappa shape index (κ3) is 7.69. The van der Waals surface area contributed by atoms with Gasteiger partial charge in [-0.3, -0.25) is 0 Å². The number of fused-ring (bicyclic) bond motifs is 12. The summed E-state index contributed by atoms with van der Waals surface area (Å²) in [7, 11) is 0. The normalized spacial score (nSPS) is 12.7. The predicted octanol–water partition coefficient (Wildman–Crippen LogP) is 21.8. The van der Waals surface area contributed by atoms with Gasteiger partial charge in [-0.2, -0.15) is 0 Å². The van der Waals surface area contributed by atoms with Crippen LogP contribution >= 0.6 is 0 Å². The van der Waals surface area contributed by atoms with Crippen LogP contribution in [-0.4, -0.2) is 13.7 Å². The van der Waals surface area contributed by atoms with Crippen LogP contribution < -0.4 is 4.90 Å². The molecule has 16 aromatic rings. The Morgan fingerprint density at radius 2 is 0.565 bits per heavy atom. The minimum atomic E-state index is -0.271. The number of nitrogens with zero attached hydrogens (tertiary/aromatic N) is 4. The van der Waals surface area contributed by atoms with Gasteiger partial charge in [0.15, 0.2) is 0 Å². The fraction of sp³-hybridized carbons (Fsp3) is 0.0370. The van der Waals surface area contributed by atoms with Crippen molar-refractivity contribution in [2.45, 2.75) is 19.3 Å². The molecule has 0 fully saturated rings. The maximum Gasteiger partial charge on any atom is 0.0547 e. The summed E-state index contributed by atoms with van der Waals surface area (Å²) >= 11 is 0. The van der Waals surface area contributed by atoms with Crippen molar-refractivity contribution in [2.75, 3.05) is 4.90 Å². The van der Waals surface area contributed by atoms with Crippen LogP contribution in [0.1, 0.15) is 25.0 Å². The molecule has 3 aromatic heterocycles. The van der Waals surface area contributed by atoms with E-state index in [0.29, 0.717) is 0 Å². The van der Waals surface area contributed by atoms with E-state index >= 15 is 0 Å². The van der Waals surface area contributed by atoms with Crippen LogP contribution in [0.15, 0.2) is 303 Å². The number of hydrogen-bond acceptors (Lipinski definition) is 1. The van der Waals surface area contributed by atoms with E-state index in [1.54, 1.807) is 0 Å². The van der Waals surface area contributed by atoms with Gasteiger partial charge < -0.3 is 18.6 Å². The Labute approximate surface area is 493 Å². The summed E-state index contributed by atoms with van der Waals surface area (Å²) in [6.45, 7) is 4.80. The maximum absolute atomic E-state index is 2.45. The second kappa shape index (κ2) is 19.1. The van der Waals surface area contributed by atoms with Crippen molar-refractivity contribution in [1.29, 1.82) is 0 Å². The van der Waals surface area contributed by atoms with Gasteiger partial charge in [0.1, 0.15) is 0 Å². The molecule has 0 atom stereocenters. The largest absolute Gasteiger partial charge is 0.310 e. The van der Waals surface area contributed by atoms with E-state index in [0.717, 1.165) is 34.0 Å².